The highest BCUT2D eigenvalue weighted by Gasteiger charge is 2.13. The van der Waals surface area contributed by atoms with Crippen molar-refractivity contribution in [3.05, 3.63) is 23.3 Å². The zero-order chi connectivity index (χ0) is 20.3. The molecular weight excluding hydrogens is 362 g/mol. The van der Waals surface area contributed by atoms with Crippen molar-refractivity contribution in [2.75, 3.05) is 47.0 Å². The molecular formula is C24H35N3O2. The summed E-state index contributed by atoms with van der Waals surface area (Å²) in [5, 5.41) is 3.44. The first-order valence-corrected chi connectivity index (χ1v) is 11.0. The van der Waals surface area contributed by atoms with E-state index >= 15 is 0 Å². The molecule has 2 aliphatic heterocycles. The van der Waals surface area contributed by atoms with Crippen LogP contribution in [0.1, 0.15) is 56.1 Å². The molecule has 0 amide bonds. The SMILES string of the molecule is COCCN/C1=N/c2cc(C#CCN3CCCCC3)c(OC)cc2CCCCC1. The lowest BCUT2D eigenvalue weighted by Crippen LogP contribution is -2.29. The van der Waals surface area contributed by atoms with Crippen molar-refractivity contribution in [1.29, 1.82) is 0 Å². The second-order valence-corrected chi connectivity index (χ2v) is 7.86. The maximum Gasteiger partial charge on any atom is 0.134 e. The van der Waals surface area contributed by atoms with E-state index in [0.717, 1.165) is 68.3 Å². The van der Waals surface area contributed by atoms with Crippen molar-refractivity contribution in [2.45, 2.75) is 51.4 Å². The van der Waals surface area contributed by atoms with Crippen LogP contribution < -0.4 is 10.1 Å². The zero-order valence-corrected chi connectivity index (χ0v) is 18.1. The number of rotatable bonds is 5. The van der Waals surface area contributed by atoms with Gasteiger partial charge in [0.25, 0.3) is 0 Å². The molecule has 5 heteroatoms. The van der Waals surface area contributed by atoms with Crippen LogP contribution in [0, 0.1) is 11.8 Å². The fraction of sp³-hybridized carbons (Fsp3) is 0.625. The van der Waals surface area contributed by atoms with Gasteiger partial charge in [-0.3, -0.25) is 4.90 Å². The average molecular weight is 398 g/mol. The Morgan fingerprint density at radius 2 is 1.83 bits per heavy atom. The Kier molecular flexibility index (Phi) is 8.85. The van der Waals surface area contributed by atoms with Crippen LogP contribution in [0.25, 0.3) is 0 Å². The third kappa shape index (κ3) is 6.76. The van der Waals surface area contributed by atoms with Gasteiger partial charge >= 0.3 is 0 Å². The minimum atomic E-state index is 0.682. The van der Waals surface area contributed by atoms with E-state index in [1.807, 2.05) is 0 Å². The van der Waals surface area contributed by atoms with Crippen LogP contribution in [0.2, 0.25) is 0 Å². The molecule has 158 valence electrons. The van der Waals surface area contributed by atoms with E-state index in [1.165, 1.54) is 37.7 Å². The van der Waals surface area contributed by atoms with E-state index in [-0.39, 0.29) is 0 Å². The molecule has 1 fully saturated rings. The third-order valence-corrected chi connectivity index (χ3v) is 5.63. The number of hydrogen-bond acceptors (Lipinski definition) is 5. The summed E-state index contributed by atoms with van der Waals surface area (Å²) in [6.07, 6.45) is 9.48. The summed E-state index contributed by atoms with van der Waals surface area (Å²) in [7, 11) is 3.46. The van der Waals surface area contributed by atoms with E-state index in [2.05, 4.69) is 34.2 Å². The van der Waals surface area contributed by atoms with Crippen LogP contribution in [-0.2, 0) is 11.2 Å². The summed E-state index contributed by atoms with van der Waals surface area (Å²) >= 11 is 0. The van der Waals surface area contributed by atoms with Gasteiger partial charge in [0.15, 0.2) is 0 Å². The Bertz CT molecular complexity index is 742. The van der Waals surface area contributed by atoms with Crippen molar-refractivity contribution in [3.63, 3.8) is 0 Å². The highest BCUT2D eigenvalue weighted by molar-refractivity contribution is 5.85. The van der Waals surface area contributed by atoms with E-state index in [9.17, 15) is 0 Å². The second kappa shape index (κ2) is 11.8. The number of likely N-dealkylation sites (tertiary alicyclic amines) is 1. The maximum atomic E-state index is 5.67. The Balaban J connectivity index is 1.83. The van der Waals surface area contributed by atoms with Gasteiger partial charge in [0, 0.05) is 20.1 Å². The van der Waals surface area contributed by atoms with Gasteiger partial charge < -0.3 is 14.8 Å². The lowest BCUT2D eigenvalue weighted by molar-refractivity contribution is 0.204. The lowest BCUT2D eigenvalue weighted by Gasteiger charge is -2.23. The standard InChI is InChI=1S/C24H35N3O2/c1-28-17-13-25-24-12-6-3-5-10-20-19-23(29-2)21(18-22(20)26-24)11-9-16-27-14-7-4-8-15-27/h18-19H,3-8,10,12-17H2,1-2H3,(H,25,26). The minimum Gasteiger partial charge on any atom is -0.495 e. The van der Waals surface area contributed by atoms with Crippen molar-refractivity contribution in [2.24, 2.45) is 4.99 Å². The number of nitrogens with one attached hydrogen (secondary N) is 1. The van der Waals surface area contributed by atoms with Crippen LogP contribution in [0.3, 0.4) is 0 Å². The molecule has 29 heavy (non-hydrogen) atoms. The van der Waals surface area contributed by atoms with Gasteiger partial charge in [0.05, 0.1) is 31.5 Å². The number of methoxy groups -OCH3 is 2. The Labute approximate surface area is 175 Å². The van der Waals surface area contributed by atoms with Gasteiger partial charge in [-0.25, -0.2) is 4.99 Å². The van der Waals surface area contributed by atoms with E-state index in [0.29, 0.717) is 6.61 Å². The van der Waals surface area contributed by atoms with Gasteiger partial charge in [0.1, 0.15) is 11.6 Å². The molecule has 2 aliphatic rings. The molecule has 0 radical (unpaired) electrons. The largest absolute Gasteiger partial charge is 0.495 e. The second-order valence-electron chi connectivity index (χ2n) is 7.86. The molecule has 0 spiro atoms. The Morgan fingerprint density at radius 1 is 1.03 bits per heavy atom. The number of benzene rings is 1. The molecule has 1 aromatic rings. The number of aryl methyl sites for hydroxylation is 1. The molecule has 0 atom stereocenters. The molecule has 0 unspecified atom stereocenters. The van der Waals surface area contributed by atoms with Crippen LogP contribution in [-0.4, -0.2) is 57.7 Å². The van der Waals surface area contributed by atoms with Crippen LogP contribution in [0.5, 0.6) is 5.75 Å². The summed E-state index contributed by atoms with van der Waals surface area (Å²) in [5.41, 5.74) is 3.20. The first kappa shape index (κ1) is 21.7. The molecule has 1 N–H and O–H groups in total. The number of aliphatic imine (C=N–C) groups is 1. The van der Waals surface area contributed by atoms with Gasteiger partial charge in [-0.1, -0.05) is 24.7 Å². The molecule has 0 aliphatic carbocycles. The first-order chi connectivity index (χ1) is 14.3. The van der Waals surface area contributed by atoms with E-state index < -0.39 is 0 Å². The molecule has 1 saturated heterocycles. The Morgan fingerprint density at radius 3 is 2.62 bits per heavy atom. The molecule has 0 saturated carbocycles. The van der Waals surface area contributed by atoms with Gasteiger partial charge in [0.2, 0.25) is 0 Å². The first-order valence-electron chi connectivity index (χ1n) is 11.0. The highest BCUT2D eigenvalue weighted by Crippen LogP contribution is 2.31. The highest BCUT2D eigenvalue weighted by atomic mass is 16.5. The van der Waals surface area contributed by atoms with Gasteiger partial charge in [-0.2, -0.15) is 0 Å². The molecule has 3 rings (SSSR count). The van der Waals surface area contributed by atoms with Crippen LogP contribution in [0.15, 0.2) is 17.1 Å². The van der Waals surface area contributed by atoms with E-state index in [1.54, 1.807) is 14.2 Å². The van der Waals surface area contributed by atoms with Crippen molar-refractivity contribution in [3.8, 4) is 17.6 Å². The monoisotopic (exact) mass is 397 g/mol. The Hall–Kier alpha value is -2.03. The summed E-state index contributed by atoms with van der Waals surface area (Å²) in [6, 6.07) is 4.25. The molecule has 0 aromatic heterocycles. The fourth-order valence-electron chi connectivity index (χ4n) is 3.96. The van der Waals surface area contributed by atoms with Crippen molar-refractivity contribution >= 4 is 11.5 Å². The maximum absolute atomic E-state index is 5.67. The molecule has 5 nitrogen and oxygen atoms in total. The quantitative estimate of drug-likeness (QED) is 0.604. The van der Waals surface area contributed by atoms with Crippen LogP contribution >= 0.6 is 0 Å². The average Bonchev–Trinajstić information content (AvgIpc) is 2.84. The molecule has 2 heterocycles. The molecule has 0 bridgehead atoms. The number of nitrogens with zero attached hydrogens (tertiary/aromatic N) is 2. The van der Waals surface area contributed by atoms with Crippen molar-refractivity contribution < 1.29 is 9.47 Å². The van der Waals surface area contributed by atoms with Crippen LogP contribution in [0.4, 0.5) is 5.69 Å². The van der Waals surface area contributed by atoms with Crippen molar-refractivity contribution in [1.82, 2.24) is 10.2 Å². The van der Waals surface area contributed by atoms with E-state index in [4.69, 9.17) is 14.5 Å². The minimum absolute atomic E-state index is 0.682. The predicted molar refractivity (Wildman–Crippen MR) is 119 cm³/mol. The predicted octanol–water partition coefficient (Wildman–Crippen LogP) is 3.92. The smallest absolute Gasteiger partial charge is 0.134 e. The lowest BCUT2D eigenvalue weighted by atomic mass is 10.0. The topological polar surface area (TPSA) is 46.1 Å². The summed E-state index contributed by atoms with van der Waals surface area (Å²) in [5.74, 6) is 8.62. The molecule has 1 aromatic carbocycles. The summed E-state index contributed by atoms with van der Waals surface area (Å²) < 4.78 is 10.8. The normalized spacial score (nSPS) is 19.4. The number of hydrogen-bond donors (Lipinski definition) is 1. The zero-order valence-electron chi connectivity index (χ0n) is 18.1. The fourth-order valence-corrected chi connectivity index (χ4v) is 3.96. The van der Waals surface area contributed by atoms with Gasteiger partial charge in [-0.15, -0.1) is 0 Å². The summed E-state index contributed by atoms with van der Waals surface area (Å²) in [4.78, 5) is 7.42. The third-order valence-electron chi connectivity index (χ3n) is 5.63. The van der Waals surface area contributed by atoms with Gasteiger partial charge in [-0.05, 0) is 62.9 Å². The number of fused-ring (bicyclic) bond motifs is 1. The number of amidine groups is 1. The number of ether oxygens (including phenoxy) is 2. The summed E-state index contributed by atoms with van der Waals surface area (Å²) in [6.45, 7) is 4.62. The number of piperidine rings is 1.